The summed E-state index contributed by atoms with van der Waals surface area (Å²) in [6, 6.07) is 9.55. The fourth-order valence-corrected chi connectivity index (χ4v) is 3.98. The average Bonchev–Trinajstić information content (AvgIpc) is 2.64. The largest absolute Gasteiger partial charge is 0.486 e. The van der Waals surface area contributed by atoms with Crippen LogP contribution in [0.1, 0.15) is 5.56 Å². The predicted octanol–water partition coefficient (Wildman–Crippen LogP) is 2.68. The second-order valence-corrected chi connectivity index (χ2v) is 8.84. The number of hydrogen-bond acceptors (Lipinski definition) is 6. The molecule has 0 spiro atoms. The van der Waals surface area contributed by atoms with Crippen LogP contribution in [0.2, 0.25) is 10.0 Å². The summed E-state index contributed by atoms with van der Waals surface area (Å²) in [5.41, 5.74) is 3.09. The highest BCUT2D eigenvalue weighted by atomic mass is 35.5. The van der Waals surface area contributed by atoms with E-state index < -0.39 is 22.5 Å². The van der Waals surface area contributed by atoms with E-state index in [9.17, 15) is 13.2 Å². The monoisotopic (exact) mass is 457 g/mol. The Morgan fingerprint density at radius 1 is 1.21 bits per heavy atom. The highest BCUT2D eigenvalue weighted by molar-refractivity contribution is 7.92. The van der Waals surface area contributed by atoms with Crippen molar-refractivity contribution in [2.24, 2.45) is 5.10 Å². The quantitative estimate of drug-likeness (QED) is 0.531. The van der Waals surface area contributed by atoms with Crippen LogP contribution in [0, 0.1) is 0 Å². The lowest BCUT2D eigenvalue weighted by atomic mass is 10.2. The molecule has 29 heavy (non-hydrogen) atoms. The van der Waals surface area contributed by atoms with Crippen LogP contribution in [0.3, 0.4) is 0 Å². The molecule has 1 aliphatic heterocycles. The normalized spacial score (nSPS) is 13.3. The van der Waals surface area contributed by atoms with Gasteiger partial charge in [-0.3, -0.25) is 9.10 Å². The van der Waals surface area contributed by atoms with Crippen molar-refractivity contribution in [3.05, 3.63) is 52.0 Å². The summed E-state index contributed by atoms with van der Waals surface area (Å²) in [5, 5.41) is 4.37. The number of carbonyl (C=O) groups excluding carboxylic acids is 1. The maximum absolute atomic E-state index is 12.3. The number of rotatable bonds is 6. The number of anilines is 1. The maximum Gasteiger partial charge on any atom is 0.260 e. The zero-order valence-electron chi connectivity index (χ0n) is 15.3. The summed E-state index contributed by atoms with van der Waals surface area (Å²) in [7, 11) is -3.77. The average molecular weight is 458 g/mol. The molecule has 0 saturated heterocycles. The highest BCUT2D eigenvalue weighted by Gasteiger charge is 2.21. The van der Waals surface area contributed by atoms with E-state index in [4.69, 9.17) is 32.7 Å². The summed E-state index contributed by atoms with van der Waals surface area (Å²) in [6.45, 7) is 0.369. The molecule has 154 valence electrons. The third kappa shape index (κ3) is 5.53. The summed E-state index contributed by atoms with van der Waals surface area (Å²) >= 11 is 11.9. The molecule has 2 aromatic rings. The molecular weight excluding hydrogens is 441 g/mol. The fourth-order valence-electron chi connectivity index (χ4n) is 2.62. The number of para-hydroxylation sites is 1. The van der Waals surface area contributed by atoms with Crippen LogP contribution in [0.4, 0.5) is 5.69 Å². The lowest BCUT2D eigenvalue weighted by molar-refractivity contribution is -0.119. The summed E-state index contributed by atoms with van der Waals surface area (Å²) in [4.78, 5) is 12.3. The Morgan fingerprint density at radius 2 is 1.90 bits per heavy atom. The lowest BCUT2D eigenvalue weighted by Crippen LogP contribution is -2.39. The van der Waals surface area contributed by atoms with Crippen LogP contribution < -0.4 is 19.2 Å². The van der Waals surface area contributed by atoms with E-state index in [1.54, 1.807) is 18.2 Å². The van der Waals surface area contributed by atoms with Gasteiger partial charge in [-0.05, 0) is 30.3 Å². The van der Waals surface area contributed by atoms with E-state index in [1.807, 2.05) is 0 Å². The molecule has 0 aromatic heterocycles. The molecule has 1 N–H and O–H groups in total. The molecule has 0 unspecified atom stereocenters. The van der Waals surface area contributed by atoms with Crippen LogP contribution in [0.15, 0.2) is 41.5 Å². The Labute approximate surface area is 178 Å². The molecule has 0 radical (unpaired) electrons. The minimum absolute atomic E-state index is 0.173. The number of fused-ring (bicyclic) bond motifs is 1. The second kappa shape index (κ2) is 8.89. The van der Waals surface area contributed by atoms with Crippen molar-refractivity contribution in [3.8, 4) is 11.5 Å². The maximum atomic E-state index is 12.3. The molecule has 8 nitrogen and oxygen atoms in total. The molecule has 11 heteroatoms. The van der Waals surface area contributed by atoms with Gasteiger partial charge < -0.3 is 9.47 Å². The van der Waals surface area contributed by atoms with Crippen LogP contribution in [0.5, 0.6) is 11.5 Å². The zero-order chi connectivity index (χ0) is 21.0. The number of benzene rings is 2. The smallest absolute Gasteiger partial charge is 0.260 e. The molecule has 0 saturated carbocycles. The molecule has 3 rings (SSSR count). The molecule has 0 aliphatic carbocycles. The first kappa shape index (κ1) is 21.2. The standard InChI is InChI=1S/C18H17Cl2N3O5S/c1-29(25,26)23(15-8-13(19)7-14(20)9-15)11-17(24)22-21-10-12-3-2-4-16-18(12)28-6-5-27-16/h2-4,7-10H,5-6,11H2,1H3,(H,22,24)/b21-10-. The van der Waals surface area contributed by atoms with Gasteiger partial charge in [-0.15, -0.1) is 0 Å². The van der Waals surface area contributed by atoms with Crippen LogP contribution in [-0.2, 0) is 14.8 Å². The van der Waals surface area contributed by atoms with E-state index >= 15 is 0 Å². The van der Waals surface area contributed by atoms with Gasteiger partial charge in [0.05, 0.1) is 18.2 Å². The molecule has 0 atom stereocenters. The van der Waals surface area contributed by atoms with E-state index in [0.717, 1.165) is 10.6 Å². The third-order valence-electron chi connectivity index (χ3n) is 3.81. The molecule has 1 heterocycles. The van der Waals surface area contributed by atoms with Crippen molar-refractivity contribution >= 4 is 51.0 Å². The number of hydrazone groups is 1. The van der Waals surface area contributed by atoms with Gasteiger partial charge >= 0.3 is 0 Å². The predicted molar refractivity (Wildman–Crippen MR) is 112 cm³/mol. The van der Waals surface area contributed by atoms with E-state index in [0.29, 0.717) is 30.3 Å². The number of nitrogens with one attached hydrogen (secondary N) is 1. The fraction of sp³-hybridized carbons (Fsp3) is 0.222. The summed E-state index contributed by atoms with van der Waals surface area (Å²) in [6.07, 6.45) is 2.37. The number of hydrogen-bond donors (Lipinski definition) is 1. The van der Waals surface area contributed by atoms with Crippen molar-refractivity contribution in [1.29, 1.82) is 0 Å². The molecule has 0 fully saturated rings. The Bertz CT molecular complexity index is 1040. The second-order valence-electron chi connectivity index (χ2n) is 6.06. The number of halogens is 2. The minimum Gasteiger partial charge on any atom is -0.486 e. The molecule has 1 aliphatic rings. The van der Waals surface area contributed by atoms with Gasteiger partial charge in [-0.1, -0.05) is 29.3 Å². The van der Waals surface area contributed by atoms with E-state index in [-0.39, 0.29) is 15.7 Å². The SMILES string of the molecule is CS(=O)(=O)N(CC(=O)N/N=C\c1cccc2c1OCCO2)c1cc(Cl)cc(Cl)c1. The van der Waals surface area contributed by atoms with E-state index in [1.165, 1.54) is 24.4 Å². The van der Waals surface area contributed by atoms with Crippen LogP contribution in [0.25, 0.3) is 0 Å². The summed E-state index contributed by atoms with van der Waals surface area (Å²) in [5.74, 6) is 0.473. The van der Waals surface area contributed by atoms with Gasteiger partial charge in [0.15, 0.2) is 11.5 Å². The Kier molecular flexibility index (Phi) is 6.51. The van der Waals surface area contributed by atoms with Gasteiger partial charge in [0.25, 0.3) is 5.91 Å². The van der Waals surface area contributed by atoms with Crippen molar-refractivity contribution < 1.29 is 22.7 Å². The number of ether oxygens (including phenoxy) is 2. The first-order valence-electron chi connectivity index (χ1n) is 8.38. The zero-order valence-corrected chi connectivity index (χ0v) is 17.6. The van der Waals surface area contributed by atoms with Gasteiger partial charge in [-0.25, -0.2) is 13.8 Å². The van der Waals surface area contributed by atoms with Crippen LogP contribution in [-0.4, -0.2) is 46.6 Å². The molecule has 0 bridgehead atoms. The van der Waals surface area contributed by atoms with Gasteiger partial charge in [-0.2, -0.15) is 5.10 Å². The number of amides is 1. The van der Waals surface area contributed by atoms with E-state index in [2.05, 4.69) is 10.5 Å². The number of sulfonamides is 1. The highest BCUT2D eigenvalue weighted by Crippen LogP contribution is 2.32. The molecular formula is C18H17Cl2N3O5S. The first-order chi connectivity index (χ1) is 13.7. The van der Waals surface area contributed by atoms with Crippen molar-refractivity contribution in [2.45, 2.75) is 0 Å². The van der Waals surface area contributed by atoms with Gasteiger partial charge in [0, 0.05) is 15.6 Å². The Morgan fingerprint density at radius 3 is 2.59 bits per heavy atom. The minimum atomic E-state index is -3.77. The topological polar surface area (TPSA) is 97.3 Å². The Balaban J connectivity index is 1.72. The van der Waals surface area contributed by atoms with Crippen molar-refractivity contribution in [3.63, 3.8) is 0 Å². The molecule has 2 aromatic carbocycles. The lowest BCUT2D eigenvalue weighted by Gasteiger charge is -2.21. The first-order valence-corrected chi connectivity index (χ1v) is 11.0. The molecule has 1 amide bonds. The third-order valence-corrected chi connectivity index (χ3v) is 5.39. The van der Waals surface area contributed by atoms with Crippen molar-refractivity contribution in [2.75, 3.05) is 30.3 Å². The van der Waals surface area contributed by atoms with Crippen molar-refractivity contribution in [1.82, 2.24) is 5.43 Å². The van der Waals surface area contributed by atoms with Crippen LogP contribution >= 0.6 is 23.2 Å². The van der Waals surface area contributed by atoms with Gasteiger partial charge in [0.1, 0.15) is 19.8 Å². The number of carbonyl (C=O) groups is 1. The summed E-state index contributed by atoms with van der Waals surface area (Å²) < 4.78 is 36.2. The van der Waals surface area contributed by atoms with Gasteiger partial charge in [0.2, 0.25) is 10.0 Å². The number of nitrogens with zero attached hydrogens (tertiary/aromatic N) is 2. The Hall–Kier alpha value is -2.49.